The van der Waals surface area contributed by atoms with Crippen molar-refractivity contribution in [3.8, 4) is 5.75 Å². The molecule has 0 aliphatic heterocycles. The zero-order valence-electron chi connectivity index (χ0n) is 12.8. The van der Waals surface area contributed by atoms with E-state index in [4.69, 9.17) is 9.47 Å². The van der Waals surface area contributed by atoms with Gasteiger partial charge in [0.2, 0.25) is 0 Å². The van der Waals surface area contributed by atoms with Crippen molar-refractivity contribution in [1.29, 1.82) is 0 Å². The van der Waals surface area contributed by atoms with Gasteiger partial charge in [-0.2, -0.15) is 0 Å². The van der Waals surface area contributed by atoms with Gasteiger partial charge >= 0.3 is 5.97 Å². The molecule has 3 rings (SSSR count). The first-order valence-corrected chi connectivity index (χ1v) is 8.28. The van der Waals surface area contributed by atoms with E-state index >= 15 is 0 Å². The summed E-state index contributed by atoms with van der Waals surface area (Å²) in [5.74, 6) is 0.549. The van der Waals surface area contributed by atoms with Crippen LogP contribution < -0.4 is 4.74 Å². The molecule has 0 bridgehead atoms. The largest absolute Gasteiger partial charge is 0.494 e. The van der Waals surface area contributed by atoms with Crippen molar-refractivity contribution in [2.45, 2.75) is 20.0 Å². The molecule has 4 nitrogen and oxygen atoms in total. The molecule has 0 spiro atoms. The van der Waals surface area contributed by atoms with E-state index in [1.807, 2.05) is 55.5 Å². The van der Waals surface area contributed by atoms with Gasteiger partial charge in [-0.15, -0.1) is 11.3 Å². The Morgan fingerprint density at radius 1 is 1.13 bits per heavy atom. The van der Waals surface area contributed by atoms with Gasteiger partial charge in [0.25, 0.3) is 0 Å². The predicted octanol–water partition coefficient (Wildman–Crippen LogP) is 3.98. The molecule has 23 heavy (non-hydrogen) atoms. The zero-order valence-corrected chi connectivity index (χ0v) is 13.6. The topological polar surface area (TPSA) is 48.4 Å². The second-order valence-corrected chi connectivity index (χ2v) is 6.10. The van der Waals surface area contributed by atoms with Crippen LogP contribution >= 0.6 is 11.3 Å². The van der Waals surface area contributed by atoms with E-state index in [1.165, 1.54) is 0 Å². The summed E-state index contributed by atoms with van der Waals surface area (Å²) in [4.78, 5) is 16.4. The highest BCUT2D eigenvalue weighted by Gasteiger charge is 2.08. The molecule has 0 atom stereocenters. The Hall–Kier alpha value is -2.40. The maximum atomic E-state index is 11.9. The normalized spacial score (nSPS) is 10.7. The lowest BCUT2D eigenvalue weighted by molar-refractivity contribution is -0.144. The Balaban J connectivity index is 1.54. The van der Waals surface area contributed by atoms with Crippen LogP contribution in [-0.4, -0.2) is 17.6 Å². The molecule has 1 aromatic heterocycles. The number of carbonyl (C=O) groups is 1. The fourth-order valence-corrected chi connectivity index (χ4v) is 3.09. The maximum Gasteiger partial charge on any atom is 0.310 e. The summed E-state index contributed by atoms with van der Waals surface area (Å²) in [6.45, 7) is 2.78. The molecule has 1 heterocycles. The van der Waals surface area contributed by atoms with Gasteiger partial charge in [-0.05, 0) is 36.8 Å². The van der Waals surface area contributed by atoms with Crippen molar-refractivity contribution in [2.75, 3.05) is 6.61 Å². The van der Waals surface area contributed by atoms with E-state index in [0.29, 0.717) is 6.61 Å². The maximum absolute atomic E-state index is 11.9. The van der Waals surface area contributed by atoms with E-state index in [2.05, 4.69) is 4.98 Å². The van der Waals surface area contributed by atoms with Crippen LogP contribution in [0.1, 0.15) is 17.5 Å². The first-order valence-electron chi connectivity index (χ1n) is 7.46. The summed E-state index contributed by atoms with van der Waals surface area (Å²) in [7, 11) is 0. The highest BCUT2D eigenvalue weighted by atomic mass is 32.1. The summed E-state index contributed by atoms with van der Waals surface area (Å²) in [6.07, 6.45) is 0.247. The van der Waals surface area contributed by atoms with E-state index in [1.54, 1.807) is 11.3 Å². The van der Waals surface area contributed by atoms with Gasteiger partial charge in [0.15, 0.2) is 0 Å². The smallest absolute Gasteiger partial charge is 0.310 e. The lowest BCUT2D eigenvalue weighted by Gasteiger charge is -2.05. The monoisotopic (exact) mass is 327 g/mol. The van der Waals surface area contributed by atoms with Crippen molar-refractivity contribution in [3.63, 3.8) is 0 Å². The Morgan fingerprint density at radius 2 is 1.91 bits per heavy atom. The number of ether oxygens (including phenoxy) is 2. The number of hydrogen-bond donors (Lipinski definition) is 0. The molecule has 0 radical (unpaired) electrons. The molecular weight excluding hydrogens is 310 g/mol. The van der Waals surface area contributed by atoms with Gasteiger partial charge in [0.05, 0.1) is 23.2 Å². The van der Waals surface area contributed by atoms with Gasteiger partial charge in [-0.25, -0.2) is 4.98 Å². The van der Waals surface area contributed by atoms with Crippen LogP contribution in [0.25, 0.3) is 10.2 Å². The van der Waals surface area contributed by atoms with Crippen molar-refractivity contribution in [3.05, 3.63) is 59.1 Å². The van der Waals surface area contributed by atoms with Crippen molar-refractivity contribution in [1.82, 2.24) is 4.98 Å². The minimum Gasteiger partial charge on any atom is -0.494 e. The average Bonchev–Trinajstić information content (AvgIpc) is 2.98. The lowest BCUT2D eigenvalue weighted by Crippen LogP contribution is -2.07. The molecule has 0 saturated carbocycles. The molecular formula is C18H17NO3S. The number of nitrogens with zero attached hydrogens (tertiary/aromatic N) is 1. The number of para-hydroxylation sites is 1. The van der Waals surface area contributed by atoms with Crippen LogP contribution in [0.3, 0.4) is 0 Å². The zero-order chi connectivity index (χ0) is 16.1. The van der Waals surface area contributed by atoms with Crippen LogP contribution in [0.2, 0.25) is 0 Å². The molecule has 5 heteroatoms. The molecule has 3 aromatic rings. The Kier molecular flexibility index (Phi) is 4.88. The predicted molar refractivity (Wildman–Crippen MR) is 90.7 cm³/mol. The van der Waals surface area contributed by atoms with Crippen molar-refractivity contribution >= 4 is 27.5 Å². The van der Waals surface area contributed by atoms with E-state index in [0.717, 1.165) is 26.5 Å². The van der Waals surface area contributed by atoms with Crippen LogP contribution in [0.4, 0.5) is 0 Å². The van der Waals surface area contributed by atoms with Gasteiger partial charge in [-0.1, -0.05) is 24.3 Å². The number of benzene rings is 2. The third kappa shape index (κ3) is 4.07. The standard InChI is InChI=1S/C18H17NO3S/c1-2-21-14-9-7-13(8-10-14)11-18(20)22-12-17-19-15-5-3-4-6-16(15)23-17/h3-10H,2,11-12H2,1H3. The summed E-state index contributed by atoms with van der Waals surface area (Å²) in [6, 6.07) is 15.4. The Morgan fingerprint density at radius 3 is 2.65 bits per heavy atom. The van der Waals surface area contributed by atoms with Gasteiger partial charge in [-0.3, -0.25) is 4.79 Å². The Labute approximate surface area is 138 Å². The first-order chi connectivity index (χ1) is 11.2. The highest BCUT2D eigenvalue weighted by Crippen LogP contribution is 2.22. The molecule has 0 amide bonds. The summed E-state index contributed by atoms with van der Waals surface area (Å²) in [5, 5.41) is 0.811. The number of esters is 1. The third-order valence-corrected chi connectivity index (χ3v) is 4.29. The van der Waals surface area contributed by atoms with Crippen LogP contribution in [0, 0.1) is 0 Å². The number of hydrogen-bond acceptors (Lipinski definition) is 5. The van der Waals surface area contributed by atoms with Crippen molar-refractivity contribution in [2.24, 2.45) is 0 Å². The quantitative estimate of drug-likeness (QED) is 0.643. The Bertz CT molecular complexity index is 762. The molecule has 118 valence electrons. The fourth-order valence-electron chi connectivity index (χ4n) is 2.21. The number of aromatic nitrogens is 1. The van der Waals surface area contributed by atoms with E-state index < -0.39 is 0 Å². The van der Waals surface area contributed by atoms with Gasteiger partial charge in [0, 0.05) is 0 Å². The molecule has 0 aliphatic rings. The lowest BCUT2D eigenvalue weighted by atomic mass is 10.1. The second kappa shape index (κ2) is 7.24. The number of fused-ring (bicyclic) bond motifs is 1. The molecule has 0 N–H and O–H groups in total. The van der Waals surface area contributed by atoms with Crippen LogP contribution in [-0.2, 0) is 22.6 Å². The third-order valence-electron chi connectivity index (χ3n) is 3.28. The molecule has 0 aliphatic carbocycles. The van der Waals surface area contributed by atoms with E-state index in [9.17, 15) is 4.79 Å². The van der Waals surface area contributed by atoms with Gasteiger partial charge < -0.3 is 9.47 Å². The van der Waals surface area contributed by atoms with Crippen molar-refractivity contribution < 1.29 is 14.3 Å². The summed E-state index contributed by atoms with van der Waals surface area (Å²) in [5.41, 5.74) is 1.85. The highest BCUT2D eigenvalue weighted by molar-refractivity contribution is 7.18. The minimum absolute atomic E-state index is 0.217. The average molecular weight is 327 g/mol. The van der Waals surface area contributed by atoms with E-state index in [-0.39, 0.29) is 19.0 Å². The fraction of sp³-hybridized carbons (Fsp3) is 0.222. The number of rotatable bonds is 6. The van der Waals surface area contributed by atoms with Crippen LogP contribution in [0.15, 0.2) is 48.5 Å². The number of thiazole rings is 1. The molecule has 0 saturated heterocycles. The number of carbonyl (C=O) groups excluding carboxylic acids is 1. The minimum atomic E-state index is -0.256. The summed E-state index contributed by atoms with van der Waals surface area (Å²) >= 11 is 1.55. The molecule has 2 aromatic carbocycles. The van der Waals surface area contributed by atoms with Gasteiger partial charge in [0.1, 0.15) is 17.4 Å². The molecule has 0 fully saturated rings. The second-order valence-electron chi connectivity index (χ2n) is 4.99. The van der Waals surface area contributed by atoms with Crippen LogP contribution in [0.5, 0.6) is 5.75 Å². The SMILES string of the molecule is CCOc1ccc(CC(=O)OCc2nc3ccccc3s2)cc1. The first kappa shape index (κ1) is 15.5. The molecule has 0 unspecified atom stereocenters. The summed E-state index contributed by atoms with van der Waals surface area (Å²) < 4.78 is 11.8.